The fraction of sp³-hybridized carbons (Fsp3) is 0.174. The summed E-state index contributed by atoms with van der Waals surface area (Å²) in [7, 11) is -3.97. The molecule has 0 saturated heterocycles. The van der Waals surface area contributed by atoms with Gasteiger partial charge in [0.25, 0.3) is 10.0 Å². The van der Waals surface area contributed by atoms with Crippen molar-refractivity contribution < 1.29 is 31.1 Å². The van der Waals surface area contributed by atoms with Crippen molar-refractivity contribution in [2.45, 2.75) is 24.5 Å². The van der Waals surface area contributed by atoms with Gasteiger partial charge in [0.15, 0.2) is 0 Å². The van der Waals surface area contributed by atoms with E-state index in [-0.39, 0.29) is 5.56 Å². The lowest BCUT2D eigenvalue weighted by Crippen LogP contribution is -2.43. The summed E-state index contributed by atoms with van der Waals surface area (Å²) in [4.78, 5) is 11.4. The third-order valence-electron chi connectivity index (χ3n) is 4.84. The molecule has 168 valence electrons. The monoisotopic (exact) mass is 463 g/mol. The van der Waals surface area contributed by atoms with Gasteiger partial charge in [0.1, 0.15) is 0 Å². The summed E-state index contributed by atoms with van der Waals surface area (Å²) in [5, 5.41) is 0. The number of nitrogens with zero attached hydrogens (tertiary/aromatic N) is 1. The molecule has 3 aromatic carbocycles. The van der Waals surface area contributed by atoms with Crippen LogP contribution in [-0.2, 0) is 21.2 Å². The van der Waals surface area contributed by atoms with Gasteiger partial charge in [-0.05, 0) is 47.4 Å². The number of ether oxygens (including phenoxy) is 1. The lowest BCUT2D eigenvalue weighted by molar-refractivity contribution is -0.115. The molecule has 0 radical (unpaired) electrons. The van der Waals surface area contributed by atoms with E-state index in [0.29, 0.717) is 17.5 Å². The van der Waals surface area contributed by atoms with Gasteiger partial charge in [0.05, 0.1) is 23.3 Å². The first-order chi connectivity index (χ1) is 15.1. The number of carbonyl (C=O) groups excluding carboxylic acids is 1. The van der Waals surface area contributed by atoms with E-state index in [9.17, 15) is 26.4 Å². The number of anilines is 1. The third-order valence-corrected chi connectivity index (χ3v) is 6.59. The SMILES string of the molecule is CCc1ccc(S(=O)(=O)N(c2ccc(-c3ccccc3)cc2)C(F)(F)F)cc1C(=O)OC. The van der Waals surface area contributed by atoms with E-state index in [2.05, 4.69) is 4.74 Å². The van der Waals surface area contributed by atoms with Gasteiger partial charge in [0, 0.05) is 0 Å². The molecular weight excluding hydrogens is 443 g/mol. The molecule has 0 fully saturated rings. The summed E-state index contributed by atoms with van der Waals surface area (Å²) in [6.45, 7) is 1.73. The van der Waals surface area contributed by atoms with Crippen LogP contribution in [0, 0.1) is 0 Å². The van der Waals surface area contributed by atoms with E-state index >= 15 is 0 Å². The first kappa shape index (κ1) is 23.3. The first-order valence-corrected chi connectivity index (χ1v) is 11.0. The normalized spacial score (nSPS) is 11.8. The molecule has 9 heteroatoms. The van der Waals surface area contributed by atoms with Crippen LogP contribution in [0.3, 0.4) is 0 Å². The average Bonchev–Trinajstić information content (AvgIpc) is 2.78. The number of rotatable bonds is 6. The Balaban J connectivity index is 2.09. The standard InChI is InChI=1S/C23H20F3NO4S/c1-3-16-11-14-20(15-21(16)22(28)31-2)32(29,30)27(23(24,25)26)19-12-9-18(10-13-19)17-7-5-4-6-8-17/h4-15H,3H2,1-2H3. The van der Waals surface area contributed by atoms with E-state index in [4.69, 9.17) is 0 Å². The van der Waals surface area contributed by atoms with Crippen molar-refractivity contribution in [3.63, 3.8) is 0 Å². The summed E-state index contributed by atoms with van der Waals surface area (Å²) >= 11 is 0. The molecule has 32 heavy (non-hydrogen) atoms. The summed E-state index contributed by atoms with van der Waals surface area (Å²) in [6.07, 6.45) is -4.86. The quantitative estimate of drug-likeness (QED) is 0.362. The van der Waals surface area contributed by atoms with Gasteiger partial charge in [0.2, 0.25) is 0 Å². The van der Waals surface area contributed by atoms with Crippen LogP contribution in [-0.4, -0.2) is 27.8 Å². The van der Waals surface area contributed by atoms with Gasteiger partial charge in [-0.1, -0.05) is 55.5 Å². The summed E-state index contributed by atoms with van der Waals surface area (Å²) < 4.78 is 72.0. The van der Waals surface area contributed by atoms with Gasteiger partial charge in [-0.2, -0.15) is 4.31 Å². The fourth-order valence-corrected chi connectivity index (χ4v) is 4.66. The van der Waals surface area contributed by atoms with Crippen LogP contribution >= 0.6 is 0 Å². The molecule has 3 rings (SSSR count). The molecule has 5 nitrogen and oxygen atoms in total. The topological polar surface area (TPSA) is 63.7 Å². The fourth-order valence-electron chi connectivity index (χ4n) is 3.27. The Morgan fingerprint density at radius 1 is 0.938 bits per heavy atom. The number of sulfonamides is 1. The number of halogens is 3. The van der Waals surface area contributed by atoms with Crippen LogP contribution in [0.5, 0.6) is 0 Å². The summed E-state index contributed by atoms with van der Waals surface area (Å²) in [5.74, 6) is -0.829. The zero-order valence-electron chi connectivity index (χ0n) is 17.3. The van der Waals surface area contributed by atoms with E-state index < -0.39 is 37.2 Å². The number of methoxy groups -OCH3 is 1. The minimum Gasteiger partial charge on any atom is -0.465 e. The maximum Gasteiger partial charge on any atom is 0.498 e. The predicted molar refractivity (Wildman–Crippen MR) is 115 cm³/mol. The maximum atomic E-state index is 13.9. The van der Waals surface area contributed by atoms with Crippen molar-refractivity contribution in [1.29, 1.82) is 0 Å². The van der Waals surface area contributed by atoms with E-state index in [1.165, 1.54) is 18.2 Å². The predicted octanol–water partition coefficient (Wildman–Crippen LogP) is 5.42. The van der Waals surface area contributed by atoms with E-state index in [1.54, 1.807) is 31.2 Å². The highest BCUT2D eigenvalue weighted by Crippen LogP contribution is 2.36. The van der Waals surface area contributed by atoms with Crippen LogP contribution in [0.4, 0.5) is 18.9 Å². The van der Waals surface area contributed by atoms with Crippen molar-refractivity contribution in [3.8, 4) is 11.1 Å². The van der Waals surface area contributed by atoms with Crippen LogP contribution in [0.25, 0.3) is 11.1 Å². The molecule has 0 aliphatic heterocycles. The molecule has 0 atom stereocenters. The molecule has 0 amide bonds. The second-order valence-corrected chi connectivity index (χ2v) is 8.60. The molecule has 0 aliphatic rings. The van der Waals surface area contributed by atoms with Crippen LogP contribution < -0.4 is 4.31 Å². The Labute approximate surface area is 184 Å². The summed E-state index contributed by atoms with van der Waals surface area (Å²) in [6, 6.07) is 17.3. The molecule has 0 spiro atoms. The molecule has 0 N–H and O–H groups in total. The van der Waals surface area contributed by atoms with Gasteiger partial charge >= 0.3 is 12.3 Å². The maximum absolute atomic E-state index is 13.9. The molecular formula is C23H20F3NO4S. The number of hydrogen-bond acceptors (Lipinski definition) is 4. The van der Waals surface area contributed by atoms with E-state index in [1.807, 2.05) is 6.07 Å². The Kier molecular flexibility index (Phi) is 6.59. The molecule has 0 heterocycles. The second kappa shape index (κ2) is 9.04. The zero-order valence-corrected chi connectivity index (χ0v) is 18.1. The van der Waals surface area contributed by atoms with Crippen molar-refractivity contribution in [1.82, 2.24) is 0 Å². The zero-order chi connectivity index (χ0) is 23.5. The van der Waals surface area contributed by atoms with Crippen LogP contribution in [0.1, 0.15) is 22.8 Å². The molecule has 0 aliphatic carbocycles. The van der Waals surface area contributed by atoms with Crippen molar-refractivity contribution in [2.24, 2.45) is 0 Å². The lowest BCUT2D eigenvalue weighted by atomic mass is 10.1. The Bertz CT molecular complexity index is 1210. The smallest absolute Gasteiger partial charge is 0.465 e. The number of benzene rings is 3. The lowest BCUT2D eigenvalue weighted by Gasteiger charge is -2.27. The Morgan fingerprint density at radius 3 is 2.06 bits per heavy atom. The average molecular weight is 463 g/mol. The molecule has 0 aromatic heterocycles. The number of alkyl halides is 3. The van der Waals surface area contributed by atoms with Crippen molar-refractivity contribution in [2.75, 3.05) is 11.4 Å². The number of hydrogen-bond donors (Lipinski definition) is 0. The summed E-state index contributed by atoms with van der Waals surface area (Å²) in [5.41, 5.74) is 1.20. The number of aryl methyl sites for hydroxylation is 1. The first-order valence-electron chi connectivity index (χ1n) is 9.58. The highest BCUT2D eigenvalue weighted by Gasteiger charge is 2.46. The molecule has 3 aromatic rings. The van der Waals surface area contributed by atoms with Crippen molar-refractivity contribution >= 4 is 21.7 Å². The molecule has 0 saturated carbocycles. The van der Waals surface area contributed by atoms with Gasteiger partial charge in [-0.25, -0.2) is 13.2 Å². The van der Waals surface area contributed by atoms with Gasteiger partial charge < -0.3 is 4.74 Å². The minimum atomic E-state index is -5.23. The molecule has 0 bridgehead atoms. The second-order valence-electron chi connectivity index (χ2n) is 6.81. The Morgan fingerprint density at radius 2 is 1.53 bits per heavy atom. The number of carbonyl (C=O) groups is 1. The third kappa shape index (κ3) is 4.62. The largest absolute Gasteiger partial charge is 0.498 e. The van der Waals surface area contributed by atoms with E-state index in [0.717, 1.165) is 36.9 Å². The highest BCUT2D eigenvalue weighted by molar-refractivity contribution is 7.92. The van der Waals surface area contributed by atoms with Crippen molar-refractivity contribution in [3.05, 3.63) is 83.9 Å². The highest BCUT2D eigenvalue weighted by atomic mass is 32.2. The van der Waals surface area contributed by atoms with Crippen LogP contribution in [0.15, 0.2) is 77.7 Å². The van der Waals surface area contributed by atoms with Crippen LogP contribution in [0.2, 0.25) is 0 Å². The molecule has 0 unspecified atom stereocenters. The Hall–Kier alpha value is -3.33. The number of esters is 1. The van der Waals surface area contributed by atoms with Gasteiger partial charge in [-0.3, -0.25) is 0 Å². The van der Waals surface area contributed by atoms with Gasteiger partial charge in [-0.15, -0.1) is 13.2 Å². The minimum absolute atomic E-state index is 0.0994.